The molecule has 0 radical (unpaired) electrons. The number of aliphatic hydroxyl groups is 1. The third-order valence-corrected chi connectivity index (χ3v) is 5.97. The lowest BCUT2D eigenvalue weighted by Crippen LogP contribution is -2.38. The van der Waals surface area contributed by atoms with Gasteiger partial charge in [0.15, 0.2) is 0 Å². The third kappa shape index (κ3) is 8.77. The molecule has 3 nitrogen and oxygen atoms in total. The molecule has 0 saturated carbocycles. The van der Waals surface area contributed by atoms with Gasteiger partial charge in [-0.15, -0.1) is 0 Å². The quantitative estimate of drug-likeness (QED) is 0.177. The summed E-state index contributed by atoms with van der Waals surface area (Å²) in [5.74, 6) is 0.167. The highest BCUT2D eigenvalue weighted by Gasteiger charge is 2.34. The largest absolute Gasteiger partial charge is 0.511 e. The molecule has 3 heteroatoms. The normalized spacial score (nSPS) is 15.8. The molecule has 0 bridgehead atoms. The van der Waals surface area contributed by atoms with Crippen LogP contribution >= 0.6 is 0 Å². The van der Waals surface area contributed by atoms with Gasteiger partial charge in [0.2, 0.25) is 5.91 Å². The molecule has 1 unspecified atom stereocenters. The SMILES string of the molecule is C=C(O)C1Cc2ccccc2N1C(=O)CCCCCCC/C=C\C/C=C\CCCCC. The minimum Gasteiger partial charge on any atom is -0.511 e. The van der Waals surface area contributed by atoms with E-state index in [-0.39, 0.29) is 17.7 Å². The molecule has 1 heterocycles. The number of unbranched alkanes of at least 4 members (excludes halogenated alkanes) is 8. The van der Waals surface area contributed by atoms with Crippen LogP contribution in [0, 0.1) is 0 Å². The number of aliphatic hydroxyl groups excluding tert-OH is 1. The van der Waals surface area contributed by atoms with E-state index >= 15 is 0 Å². The molecule has 1 aromatic carbocycles. The van der Waals surface area contributed by atoms with Crippen molar-refractivity contribution in [2.24, 2.45) is 0 Å². The first-order valence-electron chi connectivity index (χ1n) is 12.2. The molecule has 1 atom stereocenters. The second-order valence-electron chi connectivity index (χ2n) is 8.58. The van der Waals surface area contributed by atoms with E-state index < -0.39 is 0 Å². The summed E-state index contributed by atoms with van der Waals surface area (Å²) < 4.78 is 0. The topological polar surface area (TPSA) is 40.5 Å². The van der Waals surface area contributed by atoms with Crippen LogP contribution in [0.4, 0.5) is 5.69 Å². The lowest BCUT2D eigenvalue weighted by Gasteiger charge is -2.24. The van der Waals surface area contributed by atoms with Crippen LogP contribution in [0.3, 0.4) is 0 Å². The highest BCUT2D eigenvalue weighted by Crippen LogP contribution is 2.34. The Labute approximate surface area is 189 Å². The zero-order chi connectivity index (χ0) is 22.3. The van der Waals surface area contributed by atoms with Crippen molar-refractivity contribution in [3.8, 4) is 0 Å². The molecule has 2 rings (SSSR count). The number of rotatable bonds is 15. The van der Waals surface area contributed by atoms with Gasteiger partial charge in [-0.1, -0.05) is 88.1 Å². The van der Waals surface area contributed by atoms with Gasteiger partial charge in [-0.05, 0) is 50.2 Å². The zero-order valence-corrected chi connectivity index (χ0v) is 19.4. The Morgan fingerprint density at radius 1 is 1.00 bits per heavy atom. The lowest BCUT2D eigenvalue weighted by molar-refractivity contribution is -0.119. The van der Waals surface area contributed by atoms with Crippen LogP contribution in [0.15, 0.2) is 60.9 Å². The highest BCUT2D eigenvalue weighted by molar-refractivity contribution is 5.96. The van der Waals surface area contributed by atoms with E-state index in [1.165, 1.54) is 44.9 Å². The molecule has 0 aliphatic carbocycles. The van der Waals surface area contributed by atoms with Crippen LogP contribution in [-0.2, 0) is 11.2 Å². The molecule has 0 spiro atoms. The van der Waals surface area contributed by atoms with Crippen LogP contribution in [0.2, 0.25) is 0 Å². The Balaban J connectivity index is 1.55. The average Bonchev–Trinajstić information content (AvgIpc) is 3.16. The minimum absolute atomic E-state index is 0.0737. The Hall–Kier alpha value is -2.29. The maximum absolute atomic E-state index is 12.8. The number of fused-ring (bicyclic) bond motifs is 1. The predicted octanol–water partition coefficient (Wildman–Crippen LogP) is 7.83. The molecular weight excluding hydrogens is 382 g/mol. The van der Waals surface area contributed by atoms with Crippen molar-refractivity contribution in [1.82, 2.24) is 0 Å². The second-order valence-corrected chi connectivity index (χ2v) is 8.58. The first-order valence-corrected chi connectivity index (χ1v) is 12.2. The number of para-hydroxylation sites is 1. The van der Waals surface area contributed by atoms with Crippen LogP contribution < -0.4 is 4.90 Å². The number of amides is 1. The van der Waals surface area contributed by atoms with Gasteiger partial charge >= 0.3 is 0 Å². The molecule has 1 N–H and O–H groups in total. The van der Waals surface area contributed by atoms with Gasteiger partial charge in [0.25, 0.3) is 0 Å². The smallest absolute Gasteiger partial charge is 0.227 e. The lowest BCUT2D eigenvalue weighted by atomic mass is 10.1. The molecule has 0 aromatic heterocycles. The number of carbonyl (C=O) groups excluding carboxylic acids is 1. The van der Waals surface area contributed by atoms with Gasteiger partial charge in [-0.2, -0.15) is 0 Å². The first-order chi connectivity index (χ1) is 15.1. The standard InChI is InChI=1S/C28H41NO2/c1-3-4-5-6-7-8-9-10-11-12-13-14-15-16-17-22-28(31)29-26-21-19-18-20-25(26)23-27(29)24(2)30/h7-8,10-11,18-21,27,30H,2-6,9,12-17,22-23H2,1H3/b8-7-,11-10-. The van der Waals surface area contributed by atoms with E-state index in [9.17, 15) is 9.90 Å². The molecule has 31 heavy (non-hydrogen) atoms. The summed E-state index contributed by atoms with van der Waals surface area (Å²) in [6.45, 7) is 5.92. The number of allylic oxidation sites excluding steroid dienone is 4. The van der Waals surface area contributed by atoms with Gasteiger partial charge < -0.3 is 10.0 Å². The maximum atomic E-state index is 12.8. The number of hydrogen-bond donors (Lipinski definition) is 1. The summed E-state index contributed by atoms with van der Waals surface area (Å²) in [7, 11) is 0. The van der Waals surface area contributed by atoms with E-state index in [1.807, 2.05) is 24.3 Å². The number of benzene rings is 1. The van der Waals surface area contributed by atoms with Crippen LogP contribution in [-0.4, -0.2) is 17.1 Å². The molecular formula is C28H41NO2. The number of nitrogens with zero attached hydrogens (tertiary/aromatic N) is 1. The first kappa shape index (κ1) is 25.0. The van der Waals surface area contributed by atoms with Crippen molar-refractivity contribution in [2.75, 3.05) is 4.90 Å². The molecule has 170 valence electrons. The van der Waals surface area contributed by atoms with Crippen molar-refractivity contribution in [3.05, 3.63) is 66.5 Å². The van der Waals surface area contributed by atoms with E-state index in [2.05, 4.69) is 37.8 Å². The highest BCUT2D eigenvalue weighted by atomic mass is 16.3. The van der Waals surface area contributed by atoms with Crippen LogP contribution in [0.5, 0.6) is 0 Å². The second kappa shape index (κ2) is 14.7. The summed E-state index contributed by atoms with van der Waals surface area (Å²) in [6.07, 6.45) is 23.3. The van der Waals surface area contributed by atoms with E-state index in [4.69, 9.17) is 0 Å². The Kier molecular flexibility index (Phi) is 11.8. The van der Waals surface area contributed by atoms with E-state index in [0.717, 1.165) is 36.9 Å². The number of anilines is 1. The van der Waals surface area contributed by atoms with Gasteiger partial charge in [0.1, 0.15) is 5.76 Å². The van der Waals surface area contributed by atoms with Gasteiger partial charge in [-0.25, -0.2) is 0 Å². The summed E-state index contributed by atoms with van der Waals surface area (Å²) in [6, 6.07) is 7.59. The molecule has 1 aromatic rings. The fourth-order valence-corrected chi connectivity index (χ4v) is 4.17. The van der Waals surface area contributed by atoms with Gasteiger partial charge in [-0.3, -0.25) is 4.79 Å². The molecule has 0 saturated heterocycles. The fourth-order valence-electron chi connectivity index (χ4n) is 4.17. The van der Waals surface area contributed by atoms with Gasteiger partial charge in [0.05, 0.1) is 6.04 Å². The fraction of sp³-hybridized carbons (Fsp3) is 0.536. The third-order valence-electron chi connectivity index (χ3n) is 5.97. The van der Waals surface area contributed by atoms with Gasteiger partial charge in [0, 0.05) is 18.5 Å². The van der Waals surface area contributed by atoms with Crippen molar-refractivity contribution < 1.29 is 9.90 Å². The molecule has 1 aliphatic rings. The Bertz CT molecular complexity index is 734. The minimum atomic E-state index is -0.317. The van der Waals surface area contributed by atoms with Crippen molar-refractivity contribution in [2.45, 2.75) is 96.4 Å². The van der Waals surface area contributed by atoms with E-state index in [0.29, 0.717) is 12.8 Å². The number of hydrogen-bond acceptors (Lipinski definition) is 2. The monoisotopic (exact) mass is 423 g/mol. The Morgan fingerprint density at radius 3 is 2.35 bits per heavy atom. The Morgan fingerprint density at radius 2 is 1.65 bits per heavy atom. The summed E-state index contributed by atoms with van der Waals surface area (Å²) >= 11 is 0. The van der Waals surface area contributed by atoms with Crippen molar-refractivity contribution >= 4 is 11.6 Å². The molecule has 1 amide bonds. The molecule has 0 fully saturated rings. The van der Waals surface area contributed by atoms with Crippen LogP contribution in [0.1, 0.15) is 89.5 Å². The maximum Gasteiger partial charge on any atom is 0.227 e. The van der Waals surface area contributed by atoms with Crippen LogP contribution in [0.25, 0.3) is 0 Å². The summed E-state index contributed by atoms with van der Waals surface area (Å²) in [5.41, 5.74) is 2.03. The van der Waals surface area contributed by atoms with Crippen molar-refractivity contribution in [3.63, 3.8) is 0 Å². The predicted molar refractivity (Wildman–Crippen MR) is 133 cm³/mol. The van der Waals surface area contributed by atoms with E-state index in [1.54, 1.807) is 4.90 Å². The summed E-state index contributed by atoms with van der Waals surface area (Å²) in [5, 5.41) is 9.95. The zero-order valence-electron chi connectivity index (χ0n) is 19.4. The molecule has 1 aliphatic heterocycles. The summed E-state index contributed by atoms with van der Waals surface area (Å²) in [4.78, 5) is 14.6. The average molecular weight is 424 g/mol. The number of carbonyl (C=O) groups is 1. The van der Waals surface area contributed by atoms with Crippen molar-refractivity contribution in [1.29, 1.82) is 0 Å².